The standard InChI is InChI=1S/C14H12Cl2N2S/c1-9(15)14-17-11-4-2-3-5-12(11)18(14)8-10-6-7-13(16)19-10/h2-7,9H,8H2,1H3. The number of thiophene rings is 1. The first-order chi connectivity index (χ1) is 9.15. The van der Waals surface area contributed by atoms with E-state index in [9.17, 15) is 0 Å². The van der Waals surface area contributed by atoms with Crippen LogP contribution in [-0.4, -0.2) is 9.55 Å². The summed E-state index contributed by atoms with van der Waals surface area (Å²) in [5, 5.41) is -0.122. The summed E-state index contributed by atoms with van der Waals surface area (Å²) in [7, 11) is 0. The summed E-state index contributed by atoms with van der Waals surface area (Å²) in [4.78, 5) is 5.82. The Bertz CT molecular complexity index is 715. The van der Waals surface area contributed by atoms with Crippen LogP contribution in [-0.2, 0) is 6.54 Å². The van der Waals surface area contributed by atoms with Gasteiger partial charge in [0, 0.05) is 4.88 Å². The molecule has 3 aromatic rings. The SMILES string of the molecule is CC(Cl)c1nc2ccccc2n1Cc1ccc(Cl)s1. The Morgan fingerprint density at radius 2 is 2.05 bits per heavy atom. The predicted molar refractivity (Wildman–Crippen MR) is 82.4 cm³/mol. The Kier molecular flexibility index (Phi) is 3.52. The molecule has 3 rings (SSSR count). The molecule has 0 fully saturated rings. The monoisotopic (exact) mass is 310 g/mol. The molecule has 2 aromatic heterocycles. The molecule has 0 radical (unpaired) electrons. The maximum atomic E-state index is 6.25. The quantitative estimate of drug-likeness (QED) is 0.615. The fourth-order valence-electron chi connectivity index (χ4n) is 2.16. The lowest BCUT2D eigenvalue weighted by atomic mass is 10.3. The third-order valence-electron chi connectivity index (χ3n) is 2.98. The van der Waals surface area contributed by atoms with Gasteiger partial charge in [0.05, 0.1) is 27.3 Å². The highest BCUT2D eigenvalue weighted by molar-refractivity contribution is 7.16. The van der Waals surface area contributed by atoms with Gasteiger partial charge in [-0.3, -0.25) is 0 Å². The van der Waals surface area contributed by atoms with Gasteiger partial charge in [-0.15, -0.1) is 22.9 Å². The Morgan fingerprint density at radius 3 is 2.74 bits per heavy atom. The molecular formula is C14H12Cl2N2S. The minimum atomic E-state index is -0.122. The number of benzene rings is 1. The zero-order valence-corrected chi connectivity index (χ0v) is 12.6. The molecule has 1 aromatic carbocycles. The van der Waals surface area contributed by atoms with Crippen molar-refractivity contribution in [2.24, 2.45) is 0 Å². The van der Waals surface area contributed by atoms with Crippen LogP contribution in [0.25, 0.3) is 11.0 Å². The minimum Gasteiger partial charge on any atom is -0.321 e. The zero-order valence-electron chi connectivity index (χ0n) is 10.3. The first-order valence-corrected chi connectivity index (χ1v) is 7.61. The lowest BCUT2D eigenvalue weighted by molar-refractivity contribution is 0.750. The summed E-state index contributed by atoms with van der Waals surface area (Å²) in [6.07, 6.45) is 0. The third-order valence-corrected chi connectivity index (χ3v) is 4.39. The maximum Gasteiger partial charge on any atom is 0.128 e. The normalized spacial score (nSPS) is 13.0. The Labute approximate surface area is 125 Å². The van der Waals surface area contributed by atoms with Gasteiger partial charge in [0.25, 0.3) is 0 Å². The predicted octanol–water partition coefficient (Wildman–Crippen LogP) is 5.10. The van der Waals surface area contributed by atoms with Crippen molar-refractivity contribution in [1.29, 1.82) is 0 Å². The highest BCUT2D eigenvalue weighted by Gasteiger charge is 2.15. The molecule has 0 aliphatic carbocycles. The second-order valence-corrected chi connectivity index (χ2v) is 6.82. The van der Waals surface area contributed by atoms with Crippen molar-refractivity contribution in [3.8, 4) is 0 Å². The summed E-state index contributed by atoms with van der Waals surface area (Å²) < 4.78 is 2.97. The molecule has 1 atom stereocenters. The van der Waals surface area contributed by atoms with E-state index < -0.39 is 0 Å². The Balaban J connectivity index is 2.12. The van der Waals surface area contributed by atoms with Gasteiger partial charge in [0.1, 0.15) is 5.82 Å². The lowest BCUT2D eigenvalue weighted by Gasteiger charge is -2.09. The summed E-state index contributed by atoms with van der Waals surface area (Å²) in [5.41, 5.74) is 2.09. The van der Waals surface area contributed by atoms with Crippen molar-refractivity contribution in [2.75, 3.05) is 0 Å². The van der Waals surface area contributed by atoms with Crippen molar-refractivity contribution < 1.29 is 0 Å². The van der Waals surface area contributed by atoms with E-state index in [0.717, 1.165) is 27.7 Å². The number of alkyl halides is 1. The molecule has 2 nitrogen and oxygen atoms in total. The molecule has 98 valence electrons. The van der Waals surface area contributed by atoms with Crippen molar-refractivity contribution in [3.05, 3.63) is 51.4 Å². The van der Waals surface area contributed by atoms with E-state index in [0.29, 0.717) is 0 Å². The second-order valence-electron chi connectivity index (χ2n) is 4.37. The second kappa shape index (κ2) is 5.16. The van der Waals surface area contributed by atoms with Crippen LogP contribution in [0.15, 0.2) is 36.4 Å². The number of nitrogens with zero attached hydrogens (tertiary/aromatic N) is 2. The van der Waals surface area contributed by atoms with E-state index in [1.165, 1.54) is 4.88 Å². The minimum absolute atomic E-state index is 0.122. The van der Waals surface area contributed by atoms with Gasteiger partial charge in [-0.25, -0.2) is 4.98 Å². The highest BCUT2D eigenvalue weighted by atomic mass is 35.5. The van der Waals surface area contributed by atoms with E-state index in [1.54, 1.807) is 11.3 Å². The molecule has 19 heavy (non-hydrogen) atoms. The van der Waals surface area contributed by atoms with Crippen molar-refractivity contribution in [2.45, 2.75) is 18.8 Å². The first-order valence-electron chi connectivity index (χ1n) is 5.98. The van der Waals surface area contributed by atoms with Gasteiger partial charge < -0.3 is 4.57 Å². The van der Waals surface area contributed by atoms with Crippen molar-refractivity contribution >= 4 is 45.6 Å². The van der Waals surface area contributed by atoms with Gasteiger partial charge >= 0.3 is 0 Å². The average molecular weight is 311 g/mol. The topological polar surface area (TPSA) is 17.8 Å². The number of hydrogen-bond acceptors (Lipinski definition) is 2. The van der Waals surface area contributed by atoms with Gasteiger partial charge in [-0.1, -0.05) is 23.7 Å². The van der Waals surface area contributed by atoms with Gasteiger partial charge in [0.2, 0.25) is 0 Å². The van der Waals surface area contributed by atoms with Crippen LogP contribution < -0.4 is 0 Å². The molecule has 0 amide bonds. The Hall–Kier alpha value is -1.03. The van der Waals surface area contributed by atoms with Crippen molar-refractivity contribution in [1.82, 2.24) is 9.55 Å². The summed E-state index contributed by atoms with van der Waals surface area (Å²) in [6, 6.07) is 12.1. The fourth-order valence-corrected chi connectivity index (χ4v) is 3.40. The smallest absolute Gasteiger partial charge is 0.128 e. The van der Waals surface area contributed by atoms with Crippen LogP contribution in [0.2, 0.25) is 4.34 Å². The van der Waals surface area contributed by atoms with E-state index in [2.05, 4.69) is 15.6 Å². The number of fused-ring (bicyclic) bond motifs is 1. The van der Waals surface area contributed by atoms with E-state index in [4.69, 9.17) is 23.2 Å². The average Bonchev–Trinajstić information content (AvgIpc) is 2.95. The first kappa shape index (κ1) is 13.0. The fraction of sp³-hybridized carbons (Fsp3) is 0.214. The molecule has 0 aliphatic rings. The summed E-state index contributed by atoms with van der Waals surface area (Å²) in [5.74, 6) is 0.896. The van der Waals surface area contributed by atoms with E-state index >= 15 is 0 Å². The zero-order chi connectivity index (χ0) is 13.4. The number of hydrogen-bond donors (Lipinski definition) is 0. The Morgan fingerprint density at radius 1 is 1.26 bits per heavy atom. The summed E-state index contributed by atoms with van der Waals surface area (Å²) >= 11 is 13.8. The van der Waals surface area contributed by atoms with Crippen LogP contribution >= 0.6 is 34.5 Å². The number of imidazole rings is 1. The molecule has 0 bridgehead atoms. The molecule has 0 saturated heterocycles. The van der Waals surface area contributed by atoms with E-state index in [-0.39, 0.29) is 5.38 Å². The number of aromatic nitrogens is 2. The van der Waals surface area contributed by atoms with Gasteiger partial charge in [0.15, 0.2) is 0 Å². The van der Waals surface area contributed by atoms with Gasteiger partial charge in [-0.2, -0.15) is 0 Å². The maximum absolute atomic E-state index is 6.25. The largest absolute Gasteiger partial charge is 0.321 e. The molecule has 0 saturated carbocycles. The van der Waals surface area contributed by atoms with Crippen LogP contribution in [0, 0.1) is 0 Å². The molecule has 0 aliphatic heterocycles. The molecule has 1 unspecified atom stereocenters. The van der Waals surface area contributed by atoms with Crippen LogP contribution in [0.3, 0.4) is 0 Å². The van der Waals surface area contributed by atoms with Crippen molar-refractivity contribution in [3.63, 3.8) is 0 Å². The molecule has 2 heterocycles. The third kappa shape index (κ3) is 2.50. The highest BCUT2D eigenvalue weighted by Crippen LogP contribution is 2.28. The van der Waals surface area contributed by atoms with Crippen LogP contribution in [0.1, 0.15) is 23.0 Å². The van der Waals surface area contributed by atoms with Gasteiger partial charge in [-0.05, 0) is 31.2 Å². The molecular weight excluding hydrogens is 299 g/mol. The molecule has 0 spiro atoms. The number of rotatable bonds is 3. The van der Waals surface area contributed by atoms with Crippen LogP contribution in [0.5, 0.6) is 0 Å². The molecule has 0 N–H and O–H groups in total. The lowest BCUT2D eigenvalue weighted by Crippen LogP contribution is -2.04. The number of halogens is 2. The molecule has 5 heteroatoms. The summed E-state index contributed by atoms with van der Waals surface area (Å²) in [6.45, 7) is 2.70. The van der Waals surface area contributed by atoms with E-state index in [1.807, 2.05) is 37.3 Å². The van der Waals surface area contributed by atoms with Crippen LogP contribution in [0.4, 0.5) is 0 Å². The number of para-hydroxylation sites is 2.